The van der Waals surface area contributed by atoms with E-state index in [-0.39, 0.29) is 76.1 Å². The van der Waals surface area contributed by atoms with Crippen LogP contribution < -0.4 is 58.2 Å². The van der Waals surface area contributed by atoms with Gasteiger partial charge in [-0.1, -0.05) is 0 Å². The Morgan fingerprint density at radius 1 is 0.722 bits per heavy atom. The molecule has 0 rings (SSSR count). The van der Waals surface area contributed by atoms with Gasteiger partial charge in [-0.05, 0) is 0 Å². The average molecular weight is 343 g/mol. The van der Waals surface area contributed by atoms with Crippen molar-refractivity contribution in [3.63, 3.8) is 0 Å². The number of hydrogen-bond acceptors (Lipinski definition) is 3. The first-order valence-corrected chi connectivity index (χ1v) is 3.65. The van der Waals surface area contributed by atoms with Crippen molar-refractivity contribution in [1.29, 1.82) is 15.8 Å². The molecular formula is C6BF7N3Rb. The van der Waals surface area contributed by atoms with Gasteiger partial charge in [0.2, 0.25) is 5.82 Å². The molecule has 0 fully saturated rings. The summed E-state index contributed by atoms with van der Waals surface area (Å²) in [5, 5.41) is 24.3. The van der Waals surface area contributed by atoms with Gasteiger partial charge in [-0.3, -0.25) is 0 Å². The topological polar surface area (TPSA) is 71.4 Å². The molecule has 18 heavy (non-hydrogen) atoms. The maximum absolute atomic E-state index is 12.9. The molecule has 12 heteroatoms. The number of rotatable bonds is 2. The minimum atomic E-state index is -6.69. The molecule has 0 aliphatic carbocycles. The van der Waals surface area contributed by atoms with Crippen LogP contribution in [0.1, 0.15) is 0 Å². The summed E-state index contributed by atoms with van der Waals surface area (Å²) < 4.78 is 85.9. The minimum Gasteiger partial charge on any atom is -0.247 e. The van der Waals surface area contributed by atoms with E-state index in [1.807, 2.05) is 0 Å². The van der Waals surface area contributed by atoms with Crippen molar-refractivity contribution in [1.82, 2.24) is 0 Å². The van der Waals surface area contributed by atoms with E-state index in [0.29, 0.717) is 0 Å². The Morgan fingerprint density at radius 2 is 1.00 bits per heavy atom. The zero-order chi connectivity index (χ0) is 14.1. The molecule has 0 aromatic carbocycles. The zero-order valence-corrected chi connectivity index (χ0v) is 13.5. The molecule has 0 heterocycles. The molecule has 0 aliphatic heterocycles. The normalized spacial score (nSPS) is 12.7. The average Bonchev–Trinajstić information content (AvgIpc) is 2.19. The fourth-order valence-corrected chi connectivity index (χ4v) is 0.791. The van der Waals surface area contributed by atoms with Crippen LogP contribution in [0.5, 0.6) is 0 Å². The Bertz CT molecular complexity index is 404. The van der Waals surface area contributed by atoms with Gasteiger partial charge in [0.05, 0.1) is 0 Å². The largest absolute Gasteiger partial charge is 1.00 e. The molecule has 0 spiro atoms. The maximum Gasteiger partial charge on any atom is 1.00 e. The van der Waals surface area contributed by atoms with Gasteiger partial charge in [-0.25, -0.2) is 24.6 Å². The summed E-state index contributed by atoms with van der Waals surface area (Å²) >= 11 is 0. The van der Waals surface area contributed by atoms with Crippen LogP contribution >= 0.6 is 0 Å². The fraction of sp³-hybridized carbons (Fsp3) is 0.500. The van der Waals surface area contributed by atoms with Crippen molar-refractivity contribution in [2.45, 2.75) is 17.9 Å². The monoisotopic (exact) mass is 343 g/mol. The minimum absolute atomic E-state index is 0. The molecule has 0 N–H and O–H groups in total. The van der Waals surface area contributed by atoms with E-state index in [1.54, 1.807) is 0 Å². The predicted octanol–water partition coefficient (Wildman–Crippen LogP) is -1.00. The molecule has 3 nitrogen and oxygen atoms in total. The van der Waals surface area contributed by atoms with Crippen molar-refractivity contribution >= 4 is 6.15 Å². The van der Waals surface area contributed by atoms with Crippen LogP contribution in [0.25, 0.3) is 0 Å². The quantitative estimate of drug-likeness (QED) is 0.477. The first-order chi connectivity index (χ1) is 7.43. The molecule has 92 valence electrons. The molecule has 0 aliphatic rings. The molecule has 0 amide bonds. The second kappa shape index (κ2) is 5.87. The van der Waals surface area contributed by atoms with Crippen molar-refractivity contribution in [3.8, 4) is 17.9 Å². The summed E-state index contributed by atoms with van der Waals surface area (Å²) in [5.74, 6) is -12.1. The summed E-state index contributed by atoms with van der Waals surface area (Å²) in [7, 11) is 0. The molecule has 0 aromatic heterocycles. The van der Waals surface area contributed by atoms with Crippen molar-refractivity contribution < 1.29 is 88.9 Å². The summed E-state index contributed by atoms with van der Waals surface area (Å²) in [6, 6.07) is 0. The number of nitrogens with zero attached hydrogens (tertiary/aromatic N) is 3. The van der Waals surface area contributed by atoms with Gasteiger partial charge in [-0.15, -0.1) is 17.9 Å². The van der Waals surface area contributed by atoms with Crippen LogP contribution in [0.2, 0.25) is 0 Å². The first kappa shape index (κ1) is 20.2. The third kappa shape index (κ3) is 2.72. The standard InChI is InChI=1S/C6BF7N3.Rb/c8-4(9,6(12,13)14)5(10,11)7(1-15,2-16)3-17;/q-1;+1. The Kier molecular flexibility index (Phi) is 6.58. The van der Waals surface area contributed by atoms with E-state index in [4.69, 9.17) is 15.8 Å². The van der Waals surface area contributed by atoms with Gasteiger partial charge in [-0.2, -0.15) is 22.0 Å². The van der Waals surface area contributed by atoms with Crippen LogP contribution in [0, 0.1) is 33.7 Å². The zero-order valence-electron chi connectivity index (χ0n) is 8.56. The second-order valence-corrected chi connectivity index (χ2v) is 2.95. The molecule has 0 saturated carbocycles. The Hall–Kier alpha value is -0.150. The SMILES string of the molecule is N#C[B-](C#N)(C#N)C(F)(F)C(F)(F)C(F)(F)F.[Rb+]. The van der Waals surface area contributed by atoms with Gasteiger partial charge in [0, 0.05) is 0 Å². The van der Waals surface area contributed by atoms with Crippen LogP contribution in [0.4, 0.5) is 30.7 Å². The summed E-state index contributed by atoms with van der Waals surface area (Å²) in [6.45, 7) is 0. The molecule has 0 unspecified atom stereocenters. The Labute approximate surface area is 145 Å². The van der Waals surface area contributed by atoms with E-state index < -0.39 is 24.1 Å². The summed E-state index contributed by atoms with van der Waals surface area (Å²) in [4.78, 5) is 0. The molecule has 0 atom stereocenters. The Morgan fingerprint density at radius 3 is 1.17 bits per heavy atom. The Balaban J connectivity index is 0. The van der Waals surface area contributed by atoms with Crippen LogP contribution in [0.15, 0.2) is 0 Å². The summed E-state index contributed by atoms with van der Waals surface area (Å²) in [6.07, 6.45) is -11.9. The van der Waals surface area contributed by atoms with E-state index in [0.717, 1.165) is 0 Å². The first-order valence-electron chi connectivity index (χ1n) is 3.65. The van der Waals surface area contributed by atoms with Crippen molar-refractivity contribution in [2.24, 2.45) is 0 Å². The number of nitriles is 3. The predicted molar refractivity (Wildman–Crippen MR) is 38.5 cm³/mol. The van der Waals surface area contributed by atoms with Crippen LogP contribution in [-0.4, -0.2) is 24.1 Å². The maximum atomic E-state index is 12.9. The molecule has 0 saturated heterocycles. The van der Waals surface area contributed by atoms with Gasteiger partial charge in [0.15, 0.2) is 0 Å². The number of alkyl halides is 7. The third-order valence-corrected chi connectivity index (χ3v) is 1.90. The number of halogens is 7. The smallest absolute Gasteiger partial charge is 0.247 e. The van der Waals surface area contributed by atoms with Gasteiger partial charge >= 0.3 is 76.4 Å². The third-order valence-electron chi connectivity index (χ3n) is 1.90. The number of hydrogen-bond donors (Lipinski definition) is 0. The van der Waals surface area contributed by atoms with E-state index >= 15 is 0 Å². The van der Waals surface area contributed by atoms with E-state index in [9.17, 15) is 30.7 Å². The van der Waals surface area contributed by atoms with Crippen LogP contribution in [-0.2, 0) is 0 Å². The van der Waals surface area contributed by atoms with Crippen LogP contribution in [0.3, 0.4) is 0 Å². The summed E-state index contributed by atoms with van der Waals surface area (Å²) in [5.41, 5.74) is 0. The second-order valence-electron chi connectivity index (χ2n) is 2.95. The molecule has 0 bridgehead atoms. The fourth-order valence-electron chi connectivity index (χ4n) is 0.791. The van der Waals surface area contributed by atoms with E-state index in [2.05, 4.69) is 0 Å². The molecule has 0 radical (unpaired) electrons. The van der Waals surface area contributed by atoms with Crippen molar-refractivity contribution in [2.75, 3.05) is 0 Å². The van der Waals surface area contributed by atoms with Gasteiger partial charge in [0.1, 0.15) is 0 Å². The molecular weight excluding hydrogens is 343 g/mol. The van der Waals surface area contributed by atoms with Crippen molar-refractivity contribution in [3.05, 3.63) is 0 Å². The van der Waals surface area contributed by atoms with Gasteiger partial charge < -0.3 is 0 Å². The van der Waals surface area contributed by atoms with Gasteiger partial charge in [0.25, 0.3) is 0 Å². The molecule has 0 aromatic rings. The van der Waals surface area contributed by atoms with E-state index in [1.165, 1.54) is 0 Å².